The van der Waals surface area contributed by atoms with Crippen LogP contribution in [0.25, 0.3) is 0 Å². The number of ether oxygens (including phenoxy) is 1. The van der Waals surface area contributed by atoms with E-state index in [2.05, 4.69) is 26.6 Å². The normalized spacial score (nSPS) is 14.7. The van der Waals surface area contributed by atoms with Crippen LogP contribution in [0.1, 0.15) is 11.1 Å². The molecule has 8 heteroatoms. The number of aromatic nitrogens is 1. The van der Waals surface area contributed by atoms with Gasteiger partial charge in [0, 0.05) is 38.8 Å². The lowest BCUT2D eigenvalue weighted by Gasteiger charge is -2.26. The van der Waals surface area contributed by atoms with E-state index in [0.29, 0.717) is 24.7 Å². The molecule has 144 valence electrons. The number of nitrogens with one attached hydrogen (secondary N) is 2. The Kier molecular flexibility index (Phi) is 6.56. The van der Waals surface area contributed by atoms with E-state index < -0.39 is 4.92 Å². The molecular formula is C19H25N5O3. The zero-order valence-electron chi connectivity index (χ0n) is 15.5. The minimum Gasteiger partial charge on any atom is -0.379 e. The molecule has 1 fully saturated rings. The summed E-state index contributed by atoms with van der Waals surface area (Å²) in [4.78, 5) is 17.6. The predicted molar refractivity (Wildman–Crippen MR) is 105 cm³/mol. The Balaban J connectivity index is 1.62. The Morgan fingerprint density at radius 2 is 2.04 bits per heavy atom. The highest BCUT2D eigenvalue weighted by molar-refractivity contribution is 5.60. The van der Waals surface area contributed by atoms with E-state index in [4.69, 9.17) is 4.74 Å². The van der Waals surface area contributed by atoms with Gasteiger partial charge < -0.3 is 15.4 Å². The Labute approximate surface area is 158 Å². The number of anilines is 2. The average molecular weight is 371 g/mol. The number of aryl methyl sites for hydroxylation is 1. The largest absolute Gasteiger partial charge is 0.379 e. The molecule has 0 radical (unpaired) electrons. The van der Waals surface area contributed by atoms with Crippen molar-refractivity contribution in [3.63, 3.8) is 0 Å². The van der Waals surface area contributed by atoms with Crippen LogP contribution in [-0.2, 0) is 11.3 Å². The summed E-state index contributed by atoms with van der Waals surface area (Å²) in [5, 5.41) is 17.6. The van der Waals surface area contributed by atoms with Gasteiger partial charge in [-0.2, -0.15) is 0 Å². The topological polar surface area (TPSA) is 92.6 Å². The number of rotatable bonds is 8. The van der Waals surface area contributed by atoms with E-state index in [0.717, 1.165) is 38.4 Å². The third-order valence-corrected chi connectivity index (χ3v) is 4.45. The monoisotopic (exact) mass is 371 g/mol. The van der Waals surface area contributed by atoms with Crippen LogP contribution >= 0.6 is 0 Å². The number of hydrogen-bond donors (Lipinski definition) is 2. The van der Waals surface area contributed by atoms with Crippen molar-refractivity contribution in [1.82, 2.24) is 9.88 Å². The molecule has 1 aliphatic heterocycles. The molecule has 1 aromatic heterocycles. The molecule has 8 nitrogen and oxygen atoms in total. The molecule has 0 spiro atoms. The zero-order valence-corrected chi connectivity index (χ0v) is 15.5. The van der Waals surface area contributed by atoms with Gasteiger partial charge in [-0.1, -0.05) is 29.8 Å². The fourth-order valence-corrected chi connectivity index (χ4v) is 3.00. The maximum atomic E-state index is 11.3. The standard InChI is InChI=1S/C19H25N5O3/c1-15-3-2-4-16(13-15)14-21-18-6-5-17(24(25)26)19(22-18)20-7-8-23-9-11-27-12-10-23/h2-6,13H,7-12,14H2,1H3,(H2,20,21,22). The van der Waals surface area contributed by atoms with Crippen LogP contribution in [0.15, 0.2) is 36.4 Å². The van der Waals surface area contributed by atoms with E-state index in [-0.39, 0.29) is 5.69 Å². The van der Waals surface area contributed by atoms with Gasteiger partial charge in [-0.3, -0.25) is 15.0 Å². The van der Waals surface area contributed by atoms with Crippen LogP contribution in [0.3, 0.4) is 0 Å². The highest BCUT2D eigenvalue weighted by Crippen LogP contribution is 2.24. The quantitative estimate of drug-likeness (QED) is 0.544. The summed E-state index contributed by atoms with van der Waals surface area (Å²) in [7, 11) is 0. The van der Waals surface area contributed by atoms with Gasteiger partial charge in [-0.25, -0.2) is 4.98 Å². The first kappa shape index (κ1) is 19.1. The molecule has 3 rings (SSSR count). The second kappa shape index (κ2) is 9.29. The lowest BCUT2D eigenvalue weighted by atomic mass is 10.1. The molecule has 0 saturated carbocycles. The minimum atomic E-state index is -0.408. The van der Waals surface area contributed by atoms with Gasteiger partial charge in [0.1, 0.15) is 5.82 Å². The second-order valence-corrected chi connectivity index (χ2v) is 6.54. The van der Waals surface area contributed by atoms with Crippen molar-refractivity contribution < 1.29 is 9.66 Å². The third kappa shape index (κ3) is 5.63. The van der Waals surface area contributed by atoms with Crippen molar-refractivity contribution in [2.24, 2.45) is 0 Å². The van der Waals surface area contributed by atoms with Crippen molar-refractivity contribution in [1.29, 1.82) is 0 Å². The molecular weight excluding hydrogens is 346 g/mol. The van der Waals surface area contributed by atoms with Gasteiger partial charge >= 0.3 is 5.69 Å². The first-order chi connectivity index (χ1) is 13.1. The highest BCUT2D eigenvalue weighted by atomic mass is 16.6. The second-order valence-electron chi connectivity index (χ2n) is 6.54. The van der Waals surface area contributed by atoms with E-state index in [1.54, 1.807) is 6.07 Å². The molecule has 1 saturated heterocycles. The number of nitrogens with zero attached hydrogens (tertiary/aromatic N) is 3. The van der Waals surface area contributed by atoms with Crippen molar-refractivity contribution in [3.8, 4) is 0 Å². The molecule has 1 aromatic carbocycles. The van der Waals surface area contributed by atoms with Gasteiger partial charge in [-0.15, -0.1) is 0 Å². The summed E-state index contributed by atoms with van der Waals surface area (Å²) < 4.78 is 5.33. The van der Waals surface area contributed by atoms with Crippen LogP contribution < -0.4 is 10.6 Å². The number of hydrogen-bond acceptors (Lipinski definition) is 7. The Morgan fingerprint density at radius 3 is 2.78 bits per heavy atom. The van der Waals surface area contributed by atoms with Crippen LogP contribution in [-0.4, -0.2) is 54.2 Å². The fourth-order valence-electron chi connectivity index (χ4n) is 3.00. The maximum Gasteiger partial charge on any atom is 0.311 e. The van der Waals surface area contributed by atoms with E-state index in [9.17, 15) is 10.1 Å². The Bertz CT molecular complexity index is 778. The van der Waals surface area contributed by atoms with Crippen molar-refractivity contribution in [3.05, 3.63) is 57.6 Å². The summed E-state index contributed by atoms with van der Waals surface area (Å²) in [6.45, 7) is 7.28. The van der Waals surface area contributed by atoms with Crippen LogP contribution in [0.4, 0.5) is 17.3 Å². The van der Waals surface area contributed by atoms with Crippen molar-refractivity contribution in [2.75, 3.05) is 50.0 Å². The Hall–Kier alpha value is -2.71. The molecule has 0 bridgehead atoms. The SMILES string of the molecule is Cc1cccc(CNc2ccc([N+](=O)[O-])c(NCCN3CCOCC3)n2)c1. The highest BCUT2D eigenvalue weighted by Gasteiger charge is 2.17. The molecule has 2 N–H and O–H groups in total. The lowest BCUT2D eigenvalue weighted by molar-refractivity contribution is -0.384. The summed E-state index contributed by atoms with van der Waals surface area (Å²) >= 11 is 0. The summed E-state index contributed by atoms with van der Waals surface area (Å²) in [6, 6.07) is 11.3. The number of benzene rings is 1. The third-order valence-electron chi connectivity index (χ3n) is 4.45. The number of morpholine rings is 1. The summed E-state index contributed by atoms with van der Waals surface area (Å²) in [5.74, 6) is 0.901. The van der Waals surface area contributed by atoms with Gasteiger partial charge in [-0.05, 0) is 18.6 Å². The van der Waals surface area contributed by atoms with Gasteiger partial charge in [0.25, 0.3) is 0 Å². The van der Waals surface area contributed by atoms with Crippen LogP contribution in [0.5, 0.6) is 0 Å². The van der Waals surface area contributed by atoms with Gasteiger partial charge in [0.15, 0.2) is 0 Å². The average Bonchev–Trinajstić information content (AvgIpc) is 2.67. The molecule has 0 amide bonds. The van der Waals surface area contributed by atoms with Crippen molar-refractivity contribution >= 4 is 17.3 Å². The zero-order chi connectivity index (χ0) is 19.1. The summed E-state index contributed by atoms with van der Waals surface area (Å²) in [6.07, 6.45) is 0. The first-order valence-electron chi connectivity index (χ1n) is 9.10. The minimum absolute atomic E-state index is 0.0157. The molecule has 2 heterocycles. The molecule has 1 aliphatic rings. The number of pyridine rings is 1. The van der Waals surface area contributed by atoms with Gasteiger partial charge in [0.2, 0.25) is 5.82 Å². The molecule has 2 aromatic rings. The van der Waals surface area contributed by atoms with Crippen molar-refractivity contribution in [2.45, 2.75) is 13.5 Å². The molecule has 0 unspecified atom stereocenters. The predicted octanol–water partition coefficient (Wildman–Crippen LogP) is 2.65. The van der Waals surface area contributed by atoms with E-state index in [1.165, 1.54) is 11.6 Å². The molecule has 0 aliphatic carbocycles. The molecule has 0 atom stereocenters. The first-order valence-corrected chi connectivity index (χ1v) is 9.10. The van der Waals surface area contributed by atoms with Crippen LogP contribution in [0, 0.1) is 17.0 Å². The smallest absolute Gasteiger partial charge is 0.311 e. The molecule has 27 heavy (non-hydrogen) atoms. The van der Waals surface area contributed by atoms with Gasteiger partial charge in [0.05, 0.1) is 18.1 Å². The number of nitro groups is 1. The fraction of sp³-hybridized carbons (Fsp3) is 0.421. The lowest BCUT2D eigenvalue weighted by Crippen LogP contribution is -2.39. The summed E-state index contributed by atoms with van der Waals surface area (Å²) in [5.41, 5.74) is 2.31. The Morgan fingerprint density at radius 1 is 1.22 bits per heavy atom. The van der Waals surface area contributed by atoms with E-state index >= 15 is 0 Å². The van der Waals surface area contributed by atoms with E-state index in [1.807, 2.05) is 25.1 Å². The maximum absolute atomic E-state index is 11.3. The van der Waals surface area contributed by atoms with Crippen LogP contribution in [0.2, 0.25) is 0 Å².